The Labute approximate surface area is 102 Å². The summed E-state index contributed by atoms with van der Waals surface area (Å²) in [6.07, 6.45) is 4.22. The summed E-state index contributed by atoms with van der Waals surface area (Å²) < 4.78 is 0. The van der Waals surface area contributed by atoms with Crippen molar-refractivity contribution in [2.24, 2.45) is 22.1 Å². The number of thiocarbonyl (C=S) groups is 1. The predicted molar refractivity (Wildman–Crippen MR) is 68.2 cm³/mol. The van der Waals surface area contributed by atoms with E-state index in [9.17, 15) is 0 Å². The Bertz CT molecular complexity index is 308. The average molecular weight is 241 g/mol. The van der Waals surface area contributed by atoms with Gasteiger partial charge in [-0.25, -0.2) is 9.83 Å². The maximum absolute atomic E-state index is 5.92. The Hall–Kier alpha value is -0.520. The molecule has 0 spiro atoms. The van der Waals surface area contributed by atoms with Gasteiger partial charge in [0.25, 0.3) is 0 Å². The molecule has 3 N–H and O–H groups in total. The number of nitrogens with zero attached hydrogens (tertiary/aromatic N) is 1. The zero-order valence-corrected chi connectivity index (χ0v) is 10.4. The lowest BCUT2D eigenvalue weighted by atomic mass is 9.81. The first-order valence-corrected chi connectivity index (χ1v) is 6.28. The highest BCUT2D eigenvalue weighted by Gasteiger charge is 2.38. The lowest BCUT2D eigenvalue weighted by molar-refractivity contribution is 0.0811. The van der Waals surface area contributed by atoms with Crippen LogP contribution in [0, 0.1) is 11.3 Å². The van der Waals surface area contributed by atoms with Gasteiger partial charge in [0.2, 0.25) is 6.23 Å². The van der Waals surface area contributed by atoms with Gasteiger partial charge in [-0.05, 0) is 30.7 Å². The van der Waals surface area contributed by atoms with Crippen LogP contribution in [-0.4, -0.2) is 24.0 Å². The fourth-order valence-electron chi connectivity index (χ4n) is 2.74. The maximum Gasteiger partial charge on any atom is 0.205 e. The summed E-state index contributed by atoms with van der Waals surface area (Å²) >= 11 is 4.80. The summed E-state index contributed by atoms with van der Waals surface area (Å²) in [7, 11) is 0. The van der Waals surface area contributed by atoms with Crippen molar-refractivity contribution < 1.29 is 4.84 Å². The molecule has 1 fully saturated rings. The van der Waals surface area contributed by atoms with E-state index >= 15 is 0 Å². The zero-order chi connectivity index (χ0) is 11.6. The number of hydrogen-bond acceptors (Lipinski definition) is 5. The Balaban J connectivity index is 2.00. The Morgan fingerprint density at radius 3 is 3.06 bits per heavy atom. The number of nitrogens with one attached hydrogen (secondary N) is 1. The molecule has 0 saturated heterocycles. The van der Waals surface area contributed by atoms with E-state index in [1.807, 2.05) is 0 Å². The third-order valence-corrected chi connectivity index (χ3v) is 3.85. The van der Waals surface area contributed by atoms with E-state index in [1.165, 1.54) is 24.6 Å². The highest BCUT2D eigenvalue weighted by atomic mass is 32.1. The van der Waals surface area contributed by atoms with Crippen molar-refractivity contribution in [2.45, 2.75) is 38.8 Å². The standard InChI is InChI=1S/C11H19N3OS/c1-8-2-3-11(4-8,7-12)5-9-13-10(6-16)15-14-9/h6,8,10H,2-5,7,12H2,1H3,(H,13,14). The molecule has 0 bridgehead atoms. The Morgan fingerprint density at radius 2 is 2.56 bits per heavy atom. The fraction of sp³-hybridized carbons (Fsp3) is 0.818. The van der Waals surface area contributed by atoms with Crippen LogP contribution in [0.2, 0.25) is 0 Å². The predicted octanol–water partition coefficient (Wildman–Crippen LogP) is 1.40. The molecule has 90 valence electrons. The molecule has 0 radical (unpaired) electrons. The van der Waals surface area contributed by atoms with Gasteiger partial charge in [0.05, 0.1) is 0 Å². The number of hydrogen-bond donors (Lipinski definition) is 2. The second-order valence-corrected chi connectivity index (χ2v) is 5.32. The van der Waals surface area contributed by atoms with Gasteiger partial charge in [0.15, 0.2) is 0 Å². The largest absolute Gasteiger partial charge is 0.330 e. The summed E-state index contributed by atoms with van der Waals surface area (Å²) in [5.41, 5.74) is 8.99. The van der Waals surface area contributed by atoms with Gasteiger partial charge in [0.1, 0.15) is 5.84 Å². The van der Waals surface area contributed by atoms with E-state index < -0.39 is 0 Å². The van der Waals surface area contributed by atoms with E-state index in [-0.39, 0.29) is 11.6 Å². The quantitative estimate of drug-likeness (QED) is 0.730. The van der Waals surface area contributed by atoms with Crippen molar-refractivity contribution >= 4 is 23.4 Å². The highest BCUT2D eigenvalue weighted by Crippen LogP contribution is 2.43. The molecule has 4 nitrogen and oxygen atoms in total. The lowest BCUT2D eigenvalue weighted by Gasteiger charge is -2.27. The third kappa shape index (κ3) is 2.42. The molecule has 1 aliphatic carbocycles. The normalized spacial score (nSPS) is 38.2. The van der Waals surface area contributed by atoms with Crippen LogP contribution in [0.3, 0.4) is 0 Å². The lowest BCUT2D eigenvalue weighted by Crippen LogP contribution is -2.33. The van der Waals surface area contributed by atoms with E-state index in [0.29, 0.717) is 0 Å². The molecule has 1 saturated carbocycles. The molecule has 0 aromatic carbocycles. The number of nitrogens with two attached hydrogens (primary N) is 1. The molecule has 0 amide bonds. The van der Waals surface area contributed by atoms with Gasteiger partial charge in [-0.1, -0.05) is 25.6 Å². The molecule has 0 aromatic rings. The molecule has 2 aliphatic rings. The van der Waals surface area contributed by atoms with Crippen LogP contribution in [0.1, 0.15) is 32.6 Å². The highest BCUT2D eigenvalue weighted by molar-refractivity contribution is 7.79. The van der Waals surface area contributed by atoms with Crippen molar-refractivity contribution in [1.29, 1.82) is 0 Å². The van der Waals surface area contributed by atoms with Gasteiger partial charge >= 0.3 is 0 Å². The van der Waals surface area contributed by atoms with Gasteiger partial charge in [0, 0.05) is 11.8 Å². The minimum Gasteiger partial charge on any atom is -0.330 e. The molecule has 5 heteroatoms. The van der Waals surface area contributed by atoms with Crippen molar-refractivity contribution in [3.63, 3.8) is 0 Å². The monoisotopic (exact) mass is 241 g/mol. The van der Waals surface area contributed by atoms with E-state index in [4.69, 9.17) is 22.8 Å². The average Bonchev–Trinajstić information content (AvgIpc) is 2.87. The molecule has 3 unspecified atom stereocenters. The van der Waals surface area contributed by atoms with Crippen LogP contribution in [0.5, 0.6) is 0 Å². The van der Waals surface area contributed by atoms with Crippen molar-refractivity contribution in [3.8, 4) is 0 Å². The number of amidine groups is 1. The van der Waals surface area contributed by atoms with Crippen LogP contribution in [0.15, 0.2) is 4.99 Å². The maximum atomic E-state index is 5.92. The van der Waals surface area contributed by atoms with E-state index in [2.05, 4.69) is 17.4 Å². The van der Waals surface area contributed by atoms with E-state index in [0.717, 1.165) is 24.7 Å². The molecule has 1 aliphatic heterocycles. The first kappa shape index (κ1) is 12.0. The van der Waals surface area contributed by atoms with Crippen molar-refractivity contribution in [3.05, 3.63) is 0 Å². The first-order chi connectivity index (χ1) is 7.67. The number of hydroxylamine groups is 1. The summed E-state index contributed by atoms with van der Waals surface area (Å²) in [6.45, 7) is 3.01. The van der Waals surface area contributed by atoms with Gasteiger partial charge in [-0.3, -0.25) is 5.48 Å². The molecule has 16 heavy (non-hydrogen) atoms. The van der Waals surface area contributed by atoms with Crippen LogP contribution in [0.25, 0.3) is 0 Å². The van der Waals surface area contributed by atoms with Gasteiger partial charge in [-0.2, -0.15) is 0 Å². The summed E-state index contributed by atoms with van der Waals surface area (Å²) in [5, 5.41) is 1.52. The molecule has 1 heterocycles. The molecular weight excluding hydrogens is 222 g/mol. The molecule has 3 atom stereocenters. The second kappa shape index (κ2) is 4.77. The number of rotatable bonds is 4. The SMILES string of the molecule is CC1CCC(CN)(CC2=NC(C=S)ON2)C1. The summed E-state index contributed by atoms with van der Waals surface area (Å²) in [4.78, 5) is 9.54. The zero-order valence-electron chi connectivity index (χ0n) is 9.61. The van der Waals surface area contributed by atoms with Crippen LogP contribution in [-0.2, 0) is 4.84 Å². The number of aliphatic imine (C=N–C) groups is 1. The third-order valence-electron chi connectivity index (χ3n) is 3.62. The minimum atomic E-state index is -0.307. The Morgan fingerprint density at radius 1 is 1.75 bits per heavy atom. The Kier molecular flexibility index (Phi) is 3.56. The van der Waals surface area contributed by atoms with Crippen molar-refractivity contribution in [1.82, 2.24) is 5.48 Å². The van der Waals surface area contributed by atoms with Crippen LogP contribution < -0.4 is 11.2 Å². The minimum absolute atomic E-state index is 0.213. The smallest absolute Gasteiger partial charge is 0.205 e. The topological polar surface area (TPSA) is 59.6 Å². The first-order valence-electron chi connectivity index (χ1n) is 5.81. The van der Waals surface area contributed by atoms with Crippen LogP contribution in [0.4, 0.5) is 0 Å². The summed E-state index contributed by atoms with van der Waals surface area (Å²) in [5.74, 6) is 1.67. The fourth-order valence-corrected chi connectivity index (χ4v) is 2.86. The van der Waals surface area contributed by atoms with Gasteiger partial charge in [-0.15, -0.1) is 0 Å². The van der Waals surface area contributed by atoms with Gasteiger partial charge < -0.3 is 5.73 Å². The molecule has 0 aromatic heterocycles. The van der Waals surface area contributed by atoms with Crippen LogP contribution >= 0.6 is 12.2 Å². The van der Waals surface area contributed by atoms with Crippen molar-refractivity contribution in [2.75, 3.05) is 6.54 Å². The van der Waals surface area contributed by atoms with E-state index in [1.54, 1.807) is 0 Å². The second-order valence-electron chi connectivity index (χ2n) is 5.05. The molecule has 2 rings (SSSR count). The molecular formula is C11H19N3OS. The summed E-state index contributed by atoms with van der Waals surface area (Å²) in [6, 6.07) is 0.